The summed E-state index contributed by atoms with van der Waals surface area (Å²) in [4.78, 5) is 25.3. The van der Waals surface area contributed by atoms with Crippen molar-refractivity contribution in [3.8, 4) is 16.3 Å². The van der Waals surface area contributed by atoms with Gasteiger partial charge in [0, 0.05) is 0 Å². The summed E-state index contributed by atoms with van der Waals surface area (Å²) in [5.41, 5.74) is 2.07. The lowest BCUT2D eigenvalue weighted by molar-refractivity contribution is 0.0697. The molecule has 0 aliphatic heterocycles. The van der Waals surface area contributed by atoms with Crippen LogP contribution in [0.1, 0.15) is 21.5 Å². The molecular weight excluding hydrogens is 476 g/mol. The molecule has 0 saturated carbocycles. The number of carboxylic acid groups (broad SMARTS) is 1. The van der Waals surface area contributed by atoms with E-state index >= 15 is 0 Å². The second-order valence-corrected chi connectivity index (χ2v) is 10.4. The average molecular weight is 497 g/mol. The van der Waals surface area contributed by atoms with E-state index in [0.717, 1.165) is 11.3 Å². The number of aromatic hydroxyl groups is 1. The Labute approximate surface area is 199 Å². The number of sulfonamides is 1. The number of anilines is 1. The topological polar surface area (TPSA) is 128 Å². The predicted octanol–water partition coefficient (Wildman–Crippen LogP) is 4.04. The molecule has 10 heteroatoms. The molecule has 1 aromatic heterocycles. The van der Waals surface area contributed by atoms with Gasteiger partial charge in [0.05, 0.1) is 28.4 Å². The fraction of sp³-hybridized carbons (Fsp3) is 0.0833. The van der Waals surface area contributed by atoms with Gasteiger partial charge < -0.3 is 10.2 Å². The highest BCUT2D eigenvalue weighted by molar-refractivity contribution is 7.92. The summed E-state index contributed by atoms with van der Waals surface area (Å²) in [5, 5.41) is 19.3. The molecule has 0 fully saturated rings. The average Bonchev–Trinajstić information content (AvgIpc) is 3.16. The summed E-state index contributed by atoms with van der Waals surface area (Å²) in [5.74, 6) is -1.63. The molecule has 0 aliphatic rings. The summed E-state index contributed by atoms with van der Waals surface area (Å²) in [6.45, 7) is -0.0339. The van der Waals surface area contributed by atoms with Crippen molar-refractivity contribution in [2.75, 3.05) is 4.31 Å². The van der Waals surface area contributed by atoms with Gasteiger partial charge in [-0.3, -0.25) is 14.1 Å². The number of hydrogen-bond donors (Lipinski definition) is 3. The van der Waals surface area contributed by atoms with Crippen LogP contribution >= 0.6 is 11.3 Å². The molecule has 0 aliphatic carbocycles. The van der Waals surface area contributed by atoms with Crippen LogP contribution in [-0.2, 0) is 22.3 Å². The third-order valence-corrected chi connectivity index (χ3v) is 7.71. The normalized spacial score (nSPS) is 11.3. The third kappa shape index (κ3) is 5.19. The maximum atomic E-state index is 13.4. The first-order valence-electron chi connectivity index (χ1n) is 10.1. The number of hydrogen-bond acceptors (Lipinski definition) is 6. The van der Waals surface area contributed by atoms with Crippen LogP contribution in [0.25, 0.3) is 10.4 Å². The first-order valence-corrected chi connectivity index (χ1v) is 12.5. The highest BCUT2D eigenvalue weighted by Crippen LogP contribution is 2.31. The second-order valence-electron chi connectivity index (χ2n) is 7.49. The van der Waals surface area contributed by atoms with Crippen LogP contribution in [-0.4, -0.2) is 29.6 Å². The smallest absolute Gasteiger partial charge is 0.335 e. The predicted molar refractivity (Wildman–Crippen MR) is 131 cm³/mol. The van der Waals surface area contributed by atoms with Gasteiger partial charge in [0.1, 0.15) is 0 Å². The van der Waals surface area contributed by atoms with Crippen LogP contribution in [0.5, 0.6) is 5.88 Å². The Hall–Kier alpha value is -3.89. The Morgan fingerprint density at radius 2 is 1.65 bits per heavy atom. The molecule has 3 N–H and O–H groups in total. The summed E-state index contributed by atoms with van der Waals surface area (Å²) in [6, 6.07) is 21.3. The number of benzene rings is 3. The third-order valence-electron chi connectivity index (χ3n) is 5.08. The Kier molecular flexibility index (Phi) is 6.53. The van der Waals surface area contributed by atoms with Gasteiger partial charge in [-0.2, -0.15) is 0 Å². The molecule has 34 heavy (non-hydrogen) atoms. The van der Waals surface area contributed by atoms with E-state index in [4.69, 9.17) is 0 Å². The van der Waals surface area contributed by atoms with Crippen LogP contribution < -0.4 is 9.18 Å². The molecule has 0 unspecified atom stereocenters. The van der Waals surface area contributed by atoms with E-state index in [2.05, 4.69) is 4.98 Å². The van der Waals surface area contributed by atoms with Crippen molar-refractivity contribution >= 4 is 33.0 Å². The zero-order valence-electron chi connectivity index (χ0n) is 17.7. The standard InChI is InChI=1S/C24H20N2O6S2/c27-22-21(33-24(30)25-22)18-11-9-16(10-12-18)14-26(20-8-4-7-19(13-20)23(28)29)34(31,32)15-17-5-2-1-3-6-17/h1-13,27H,14-15H2,(H,25,30)(H,28,29). The monoisotopic (exact) mass is 496 g/mol. The maximum absolute atomic E-state index is 13.4. The van der Waals surface area contributed by atoms with E-state index in [-0.39, 0.29) is 34.3 Å². The number of carboxylic acids is 1. The molecule has 4 aromatic rings. The number of rotatable bonds is 8. The number of nitrogens with zero attached hydrogens (tertiary/aromatic N) is 1. The van der Waals surface area contributed by atoms with Crippen molar-refractivity contribution in [3.63, 3.8) is 0 Å². The summed E-state index contributed by atoms with van der Waals surface area (Å²) < 4.78 is 28.0. The molecule has 0 radical (unpaired) electrons. The molecular formula is C24H20N2O6S2. The van der Waals surface area contributed by atoms with Crippen LogP contribution in [0, 0.1) is 0 Å². The van der Waals surface area contributed by atoms with Gasteiger partial charge in [-0.1, -0.05) is 72.0 Å². The van der Waals surface area contributed by atoms with Gasteiger partial charge in [0.25, 0.3) is 0 Å². The van der Waals surface area contributed by atoms with Gasteiger partial charge in [0.2, 0.25) is 15.9 Å². The number of aromatic carboxylic acids is 1. The molecule has 0 atom stereocenters. The second kappa shape index (κ2) is 9.54. The molecule has 174 valence electrons. The fourth-order valence-corrected chi connectivity index (χ4v) is 5.73. The molecule has 1 heterocycles. The zero-order chi connectivity index (χ0) is 24.3. The van der Waals surface area contributed by atoms with E-state index in [1.807, 2.05) is 0 Å². The van der Waals surface area contributed by atoms with Crippen LogP contribution in [0.3, 0.4) is 0 Å². The molecule has 4 rings (SSSR count). The largest absolute Gasteiger partial charge is 0.493 e. The summed E-state index contributed by atoms with van der Waals surface area (Å²) in [7, 11) is -3.88. The van der Waals surface area contributed by atoms with Gasteiger partial charge in [-0.05, 0) is 34.9 Å². The van der Waals surface area contributed by atoms with Gasteiger partial charge in [-0.15, -0.1) is 0 Å². The summed E-state index contributed by atoms with van der Waals surface area (Å²) in [6.07, 6.45) is 0. The number of nitrogens with one attached hydrogen (secondary N) is 1. The zero-order valence-corrected chi connectivity index (χ0v) is 19.3. The van der Waals surface area contributed by atoms with Gasteiger partial charge >= 0.3 is 10.8 Å². The minimum atomic E-state index is -3.88. The van der Waals surface area contributed by atoms with Crippen LogP contribution in [0.2, 0.25) is 0 Å². The quantitative estimate of drug-likeness (QED) is 0.338. The minimum absolute atomic E-state index is 0.0226. The van der Waals surface area contributed by atoms with Crippen molar-refractivity contribution < 1.29 is 23.4 Å². The van der Waals surface area contributed by atoms with Gasteiger partial charge in [0.15, 0.2) is 0 Å². The highest BCUT2D eigenvalue weighted by Gasteiger charge is 2.24. The van der Waals surface area contributed by atoms with E-state index in [0.29, 0.717) is 21.6 Å². The van der Waals surface area contributed by atoms with Crippen molar-refractivity contribution in [3.05, 3.63) is 105 Å². The first kappa shape index (κ1) is 23.3. The van der Waals surface area contributed by atoms with Crippen molar-refractivity contribution in [2.45, 2.75) is 12.3 Å². The Bertz CT molecular complexity index is 1480. The van der Waals surface area contributed by atoms with Crippen LogP contribution in [0.15, 0.2) is 83.7 Å². The molecule has 0 amide bonds. The lowest BCUT2D eigenvalue weighted by Gasteiger charge is -2.25. The highest BCUT2D eigenvalue weighted by atomic mass is 32.2. The van der Waals surface area contributed by atoms with E-state index < -0.39 is 16.0 Å². The number of aromatic amines is 1. The number of H-pyrrole nitrogens is 1. The number of carbonyl (C=O) groups is 1. The minimum Gasteiger partial charge on any atom is -0.493 e. The van der Waals surface area contributed by atoms with Crippen LogP contribution in [0.4, 0.5) is 5.69 Å². The van der Waals surface area contributed by atoms with E-state index in [1.54, 1.807) is 60.7 Å². The summed E-state index contributed by atoms with van der Waals surface area (Å²) >= 11 is 0.871. The lowest BCUT2D eigenvalue weighted by Crippen LogP contribution is -2.31. The lowest BCUT2D eigenvalue weighted by atomic mass is 10.1. The Morgan fingerprint density at radius 3 is 2.26 bits per heavy atom. The van der Waals surface area contributed by atoms with Crippen molar-refractivity contribution in [2.24, 2.45) is 0 Å². The first-order chi connectivity index (χ1) is 16.2. The fourth-order valence-electron chi connectivity index (χ4n) is 3.45. The van der Waals surface area contributed by atoms with Crippen molar-refractivity contribution in [1.29, 1.82) is 0 Å². The van der Waals surface area contributed by atoms with E-state index in [9.17, 15) is 28.2 Å². The molecule has 8 nitrogen and oxygen atoms in total. The van der Waals surface area contributed by atoms with E-state index in [1.165, 1.54) is 22.5 Å². The molecule has 0 bridgehead atoms. The van der Waals surface area contributed by atoms with Crippen molar-refractivity contribution in [1.82, 2.24) is 4.98 Å². The SMILES string of the molecule is O=C(O)c1cccc(N(Cc2ccc(-c3sc(=O)[nH]c3O)cc2)S(=O)(=O)Cc2ccccc2)c1. The Balaban J connectivity index is 1.69. The maximum Gasteiger partial charge on any atom is 0.335 e. The molecule has 3 aromatic carbocycles. The molecule has 0 spiro atoms. The number of thiazole rings is 1. The van der Waals surface area contributed by atoms with Gasteiger partial charge in [-0.25, -0.2) is 13.2 Å². The molecule has 0 saturated heterocycles. The Morgan fingerprint density at radius 1 is 0.941 bits per heavy atom. The number of aromatic nitrogens is 1.